The zero-order valence-electron chi connectivity index (χ0n) is 12.8. The maximum absolute atomic E-state index is 14.0. The van der Waals surface area contributed by atoms with Crippen molar-refractivity contribution in [1.82, 2.24) is 10.6 Å². The Balaban J connectivity index is 1.69. The van der Waals surface area contributed by atoms with Gasteiger partial charge in [0.15, 0.2) is 5.96 Å². The summed E-state index contributed by atoms with van der Waals surface area (Å²) in [7, 11) is 0. The van der Waals surface area contributed by atoms with Gasteiger partial charge < -0.3 is 10.6 Å². The first-order valence-corrected chi connectivity index (χ1v) is 7.94. The van der Waals surface area contributed by atoms with Gasteiger partial charge in [0.05, 0.1) is 6.54 Å². The number of guanidine groups is 1. The largest absolute Gasteiger partial charge is 0.357 e. The van der Waals surface area contributed by atoms with Crippen LogP contribution in [0.2, 0.25) is 0 Å². The maximum Gasteiger partial charge on any atom is 0.191 e. The van der Waals surface area contributed by atoms with E-state index in [1.807, 2.05) is 12.1 Å². The summed E-state index contributed by atoms with van der Waals surface area (Å²) >= 11 is 0. The van der Waals surface area contributed by atoms with E-state index >= 15 is 0 Å². The maximum atomic E-state index is 14.0. The van der Waals surface area contributed by atoms with Gasteiger partial charge in [0.2, 0.25) is 0 Å². The molecule has 0 amide bonds. The molecule has 0 saturated heterocycles. The van der Waals surface area contributed by atoms with E-state index in [-0.39, 0.29) is 11.2 Å². The lowest BCUT2D eigenvalue weighted by molar-refractivity contribution is 0.572. The van der Waals surface area contributed by atoms with Gasteiger partial charge in [-0.25, -0.2) is 4.39 Å². The van der Waals surface area contributed by atoms with Crippen molar-refractivity contribution in [3.63, 3.8) is 0 Å². The van der Waals surface area contributed by atoms with Crippen LogP contribution in [0.1, 0.15) is 38.7 Å². The quantitative estimate of drug-likeness (QED) is 0.646. The number of nitrogens with one attached hydrogen (secondary N) is 2. The molecule has 2 fully saturated rings. The van der Waals surface area contributed by atoms with Crippen LogP contribution in [0.4, 0.5) is 4.39 Å². The second-order valence-electron chi connectivity index (χ2n) is 6.42. The van der Waals surface area contributed by atoms with Gasteiger partial charge in [0.25, 0.3) is 0 Å². The fraction of sp³-hybridized carbons (Fsp3) is 0.588. The number of aliphatic imine (C=N–C) groups is 1. The van der Waals surface area contributed by atoms with Crippen LogP contribution in [-0.2, 0) is 5.41 Å². The van der Waals surface area contributed by atoms with Crippen LogP contribution < -0.4 is 10.6 Å². The van der Waals surface area contributed by atoms with Gasteiger partial charge >= 0.3 is 0 Å². The first kappa shape index (κ1) is 14.4. The Hall–Kier alpha value is -1.58. The molecule has 1 aromatic rings. The zero-order chi connectivity index (χ0) is 14.9. The van der Waals surface area contributed by atoms with Crippen LogP contribution in [0.5, 0.6) is 0 Å². The topological polar surface area (TPSA) is 36.4 Å². The van der Waals surface area contributed by atoms with E-state index in [9.17, 15) is 4.39 Å². The predicted molar refractivity (Wildman–Crippen MR) is 84.0 cm³/mol. The molecule has 2 N–H and O–H groups in total. The van der Waals surface area contributed by atoms with Crippen molar-refractivity contribution in [1.29, 1.82) is 0 Å². The van der Waals surface area contributed by atoms with Gasteiger partial charge in [-0.3, -0.25) is 4.99 Å². The summed E-state index contributed by atoms with van der Waals surface area (Å²) in [5.41, 5.74) is 0.743. The minimum absolute atomic E-state index is 0.0805. The van der Waals surface area contributed by atoms with Crippen LogP contribution in [0.15, 0.2) is 29.3 Å². The van der Waals surface area contributed by atoms with Crippen LogP contribution >= 0.6 is 0 Å². The Labute approximate surface area is 126 Å². The van der Waals surface area contributed by atoms with E-state index in [2.05, 4.69) is 24.5 Å². The number of rotatable bonds is 5. The fourth-order valence-electron chi connectivity index (χ4n) is 2.80. The van der Waals surface area contributed by atoms with Crippen LogP contribution in [-0.4, -0.2) is 25.1 Å². The highest BCUT2D eigenvalue weighted by Gasteiger charge is 2.46. The molecule has 2 atom stereocenters. The van der Waals surface area contributed by atoms with Gasteiger partial charge in [-0.2, -0.15) is 0 Å². The SMILES string of the molecule is CCNC(=NCC1(c2ccccc2F)CC1)NC1CC1C. The molecule has 3 nitrogen and oxygen atoms in total. The molecule has 0 spiro atoms. The lowest BCUT2D eigenvalue weighted by Crippen LogP contribution is -2.39. The van der Waals surface area contributed by atoms with Gasteiger partial charge in [0.1, 0.15) is 5.82 Å². The van der Waals surface area contributed by atoms with Crippen molar-refractivity contribution in [2.75, 3.05) is 13.1 Å². The highest BCUT2D eigenvalue weighted by molar-refractivity contribution is 5.80. The molecular weight excluding hydrogens is 265 g/mol. The highest BCUT2D eigenvalue weighted by Crippen LogP contribution is 2.49. The average Bonchev–Trinajstić information content (AvgIpc) is 3.37. The van der Waals surface area contributed by atoms with Crippen molar-refractivity contribution < 1.29 is 4.39 Å². The molecule has 0 bridgehead atoms. The third-order valence-corrected chi connectivity index (χ3v) is 4.61. The molecule has 21 heavy (non-hydrogen) atoms. The van der Waals surface area contributed by atoms with E-state index in [1.54, 1.807) is 12.1 Å². The number of benzene rings is 1. The Bertz CT molecular complexity index is 537. The number of hydrogen-bond donors (Lipinski definition) is 2. The van der Waals surface area contributed by atoms with Crippen molar-refractivity contribution >= 4 is 5.96 Å². The molecule has 1 aromatic carbocycles. The predicted octanol–water partition coefficient (Wildman–Crippen LogP) is 2.82. The second kappa shape index (κ2) is 5.66. The molecule has 114 valence electrons. The zero-order valence-corrected chi connectivity index (χ0v) is 12.8. The van der Waals surface area contributed by atoms with E-state index in [4.69, 9.17) is 4.99 Å². The third-order valence-electron chi connectivity index (χ3n) is 4.61. The van der Waals surface area contributed by atoms with E-state index in [0.717, 1.165) is 36.8 Å². The summed E-state index contributed by atoms with van der Waals surface area (Å²) < 4.78 is 14.0. The van der Waals surface area contributed by atoms with Crippen molar-refractivity contribution in [3.05, 3.63) is 35.6 Å². The summed E-state index contributed by atoms with van der Waals surface area (Å²) in [4.78, 5) is 4.71. The minimum atomic E-state index is -0.0982. The van der Waals surface area contributed by atoms with Crippen molar-refractivity contribution in [3.8, 4) is 0 Å². The van der Waals surface area contributed by atoms with Crippen LogP contribution in [0.25, 0.3) is 0 Å². The first-order valence-electron chi connectivity index (χ1n) is 7.94. The summed E-state index contributed by atoms with van der Waals surface area (Å²) in [5, 5.41) is 6.74. The number of halogens is 1. The van der Waals surface area contributed by atoms with Crippen LogP contribution in [0.3, 0.4) is 0 Å². The van der Waals surface area contributed by atoms with Gasteiger partial charge in [0, 0.05) is 18.0 Å². The molecule has 0 aromatic heterocycles. The van der Waals surface area contributed by atoms with Crippen molar-refractivity contribution in [2.45, 2.75) is 44.6 Å². The summed E-state index contributed by atoms with van der Waals surface area (Å²) in [6, 6.07) is 7.66. The molecule has 0 radical (unpaired) electrons. The van der Waals surface area contributed by atoms with Crippen LogP contribution in [0, 0.1) is 11.7 Å². The normalized spacial score (nSPS) is 26.3. The van der Waals surface area contributed by atoms with Gasteiger partial charge in [-0.1, -0.05) is 25.1 Å². The van der Waals surface area contributed by atoms with E-state index in [0.29, 0.717) is 12.6 Å². The Kier molecular flexibility index (Phi) is 3.87. The monoisotopic (exact) mass is 289 g/mol. The number of hydrogen-bond acceptors (Lipinski definition) is 1. The third kappa shape index (κ3) is 3.20. The molecule has 2 unspecified atom stereocenters. The van der Waals surface area contributed by atoms with E-state index < -0.39 is 0 Å². The Morgan fingerprint density at radius 2 is 2.10 bits per heavy atom. The lowest BCUT2D eigenvalue weighted by Gasteiger charge is -2.16. The second-order valence-corrected chi connectivity index (χ2v) is 6.42. The van der Waals surface area contributed by atoms with Crippen molar-refractivity contribution in [2.24, 2.45) is 10.9 Å². The molecule has 2 aliphatic carbocycles. The first-order chi connectivity index (χ1) is 10.1. The molecule has 0 heterocycles. The smallest absolute Gasteiger partial charge is 0.191 e. The van der Waals surface area contributed by atoms with Gasteiger partial charge in [-0.15, -0.1) is 0 Å². The van der Waals surface area contributed by atoms with E-state index in [1.165, 1.54) is 6.42 Å². The highest BCUT2D eigenvalue weighted by atomic mass is 19.1. The Morgan fingerprint density at radius 3 is 2.67 bits per heavy atom. The summed E-state index contributed by atoms with van der Waals surface area (Å²) in [6.45, 7) is 5.81. The fourth-order valence-corrected chi connectivity index (χ4v) is 2.80. The number of nitrogens with zero attached hydrogens (tertiary/aromatic N) is 1. The van der Waals surface area contributed by atoms with Gasteiger partial charge in [-0.05, 0) is 43.7 Å². The average molecular weight is 289 g/mol. The standard InChI is InChI=1S/C17H24FN3/c1-3-19-16(21-15-10-12(15)2)20-11-17(8-9-17)13-6-4-5-7-14(13)18/h4-7,12,15H,3,8-11H2,1-2H3,(H2,19,20,21). The molecule has 2 aliphatic rings. The summed E-state index contributed by atoms with van der Waals surface area (Å²) in [6.07, 6.45) is 3.26. The molecule has 3 rings (SSSR count). The molecule has 0 aliphatic heterocycles. The lowest BCUT2D eigenvalue weighted by atomic mass is 9.95. The molecule has 4 heteroatoms. The minimum Gasteiger partial charge on any atom is -0.357 e. The molecule has 2 saturated carbocycles. The molecular formula is C17H24FN3. The summed E-state index contributed by atoms with van der Waals surface area (Å²) in [5.74, 6) is 1.50. The Morgan fingerprint density at radius 1 is 1.38 bits per heavy atom.